The Hall–Kier alpha value is -1.10. The lowest BCUT2D eigenvalue weighted by Gasteiger charge is -2.62. The van der Waals surface area contributed by atoms with Crippen LogP contribution in [0.2, 0.25) is 0 Å². The molecule has 4 aliphatic carbocycles. The van der Waals surface area contributed by atoms with Crippen LogP contribution in [0.1, 0.15) is 91.9 Å². The summed E-state index contributed by atoms with van der Waals surface area (Å²) in [6.45, 7) is 8.68. The number of carbonyl (C=O) groups excluding carboxylic acids is 2. The Labute approximate surface area is 194 Å². The predicted molar refractivity (Wildman–Crippen MR) is 123 cm³/mol. The molecule has 5 nitrogen and oxygen atoms in total. The first-order valence-electron chi connectivity index (χ1n) is 13.0. The zero-order valence-corrected chi connectivity index (χ0v) is 20.8. The Morgan fingerprint density at radius 3 is 2.53 bits per heavy atom. The standard InChI is InChI=1S/C27H44O5/c1-16(6-11-24(30)31-5)21-9-10-22-20-8-7-18-14-19(32-17(2)28)12-13-26(18,3)25(20)23(29)15-27(21,22)4/h16,18-23,25,29H,6-15H2,1-5H3/t16-,18+,19-,20+,21-,22+,23-,25-,26+,27-/m1/s1. The van der Waals surface area contributed by atoms with Crippen LogP contribution < -0.4 is 0 Å². The Bertz CT molecular complexity index is 721. The number of esters is 2. The number of aliphatic hydroxyl groups is 1. The molecule has 0 bridgehead atoms. The number of hydrogen-bond donors (Lipinski definition) is 1. The first kappa shape index (κ1) is 24.0. The van der Waals surface area contributed by atoms with Gasteiger partial charge in [-0.3, -0.25) is 9.59 Å². The molecular formula is C27H44O5. The topological polar surface area (TPSA) is 72.8 Å². The Kier molecular flexibility index (Phi) is 6.70. The van der Waals surface area contributed by atoms with E-state index in [0.717, 1.165) is 32.1 Å². The van der Waals surface area contributed by atoms with Crippen LogP contribution >= 0.6 is 0 Å². The van der Waals surface area contributed by atoms with Crippen molar-refractivity contribution in [2.24, 2.45) is 46.3 Å². The molecule has 0 unspecified atom stereocenters. The van der Waals surface area contributed by atoms with E-state index in [4.69, 9.17) is 9.47 Å². The minimum atomic E-state index is -0.257. The third-order valence-electron chi connectivity index (χ3n) is 10.7. The van der Waals surface area contributed by atoms with Gasteiger partial charge >= 0.3 is 11.9 Å². The van der Waals surface area contributed by atoms with Crippen molar-refractivity contribution < 1.29 is 24.2 Å². The van der Waals surface area contributed by atoms with Crippen LogP contribution in [-0.4, -0.2) is 36.4 Å². The SMILES string of the molecule is COC(=O)CC[C@@H](C)[C@H]1CC[C@H]2[C@@H]3CC[C@H]4C[C@H](OC(C)=O)CC[C@]4(C)[C@H]3[C@H](O)C[C@]12C. The van der Waals surface area contributed by atoms with Gasteiger partial charge in [-0.15, -0.1) is 0 Å². The summed E-state index contributed by atoms with van der Waals surface area (Å²) in [6, 6.07) is 0. The molecule has 4 saturated carbocycles. The van der Waals surface area contributed by atoms with E-state index in [9.17, 15) is 14.7 Å². The van der Waals surface area contributed by atoms with Crippen molar-refractivity contribution in [1.29, 1.82) is 0 Å². The molecule has 0 aromatic carbocycles. The minimum absolute atomic E-state index is 0.0552. The van der Waals surface area contributed by atoms with E-state index in [1.807, 2.05) is 0 Å². The highest BCUT2D eigenvalue weighted by molar-refractivity contribution is 5.69. The van der Waals surface area contributed by atoms with E-state index in [1.165, 1.54) is 39.7 Å². The third kappa shape index (κ3) is 4.01. The van der Waals surface area contributed by atoms with E-state index in [0.29, 0.717) is 41.9 Å². The fourth-order valence-corrected chi connectivity index (χ4v) is 9.31. The van der Waals surface area contributed by atoms with Crippen molar-refractivity contribution >= 4 is 11.9 Å². The molecule has 0 aromatic heterocycles. The summed E-state index contributed by atoms with van der Waals surface area (Å²) >= 11 is 0. The van der Waals surface area contributed by atoms with E-state index in [-0.39, 0.29) is 35.0 Å². The van der Waals surface area contributed by atoms with Gasteiger partial charge in [0.1, 0.15) is 6.10 Å². The van der Waals surface area contributed by atoms with Crippen molar-refractivity contribution in [3.05, 3.63) is 0 Å². The van der Waals surface area contributed by atoms with Crippen molar-refractivity contribution in [2.45, 2.75) is 104 Å². The molecule has 0 heterocycles. The molecule has 4 rings (SSSR count). The quantitative estimate of drug-likeness (QED) is 0.590. The van der Waals surface area contributed by atoms with Gasteiger partial charge < -0.3 is 14.6 Å². The fourth-order valence-electron chi connectivity index (χ4n) is 9.31. The smallest absolute Gasteiger partial charge is 0.305 e. The van der Waals surface area contributed by atoms with Gasteiger partial charge in [0.15, 0.2) is 0 Å². The van der Waals surface area contributed by atoms with Gasteiger partial charge in [0.25, 0.3) is 0 Å². The molecule has 4 aliphatic rings. The summed E-state index contributed by atoms with van der Waals surface area (Å²) < 4.78 is 10.5. The largest absolute Gasteiger partial charge is 0.469 e. The van der Waals surface area contributed by atoms with E-state index >= 15 is 0 Å². The van der Waals surface area contributed by atoms with Crippen LogP contribution in [0.5, 0.6) is 0 Å². The number of carbonyl (C=O) groups is 2. The maximum atomic E-state index is 11.7. The molecule has 32 heavy (non-hydrogen) atoms. The maximum Gasteiger partial charge on any atom is 0.305 e. The zero-order valence-electron chi connectivity index (χ0n) is 20.8. The number of hydrogen-bond acceptors (Lipinski definition) is 5. The van der Waals surface area contributed by atoms with Gasteiger partial charge in [0, 0.05) is 13.3 Å². The van der Waals surface area contributed by atoms with Gasteiger partial charge in [-0.2, -0.15) is 0 Å². The summed E-state index contributed by atoms with van der Waals surface area (Å²) in [5.41, 5.74) is 0.309. The van der Waals surface area contributed by atoms with Crippen molar-refractivity contribution in [1.82, 2.24) is 0 Å². The van der Waals surface area contributed by atoms with Crippen LogP contribution in [0, 0.1) is 46.3 Å². The summed E-state index contributed by atoms with van der Waals surface area (Å²) in [7, 11) is 1.47. The van der Waals surface area contributed by atoms with Gasteiger partial charge in [0.2, 0.25) is 0 Å². The summed E-state index contributed by atoms with van der Waals surface area (Å²) in [4.78, 5) is 23.2. The number of aliphatic hydroxyl groups excluding tert-OH is 1. The van der Waals surface area contributed by atoms with E-state index in [2.05, 4.69) is 20.8 Å². The third-order valence-corrected chi connectivity index (χ3v) is 10.7. The highest BCUT2D eigenvalue weighted by atomic mass is 16.5. The molecular weight excluding hydrogens is 404 g/mol. The lowest BCUT2D eigenvalue weighted by molar-refractivity contribution is -0.186. The zero-order chi connectivity index (χ0) is 23.3. The minimum Gasteiger partial charge on any atom is -0.469 e. The fraction of sp³-hybridized carbons (Fsp3) is 0.926. The molecule has 0 spiro atoms. The number of fused-ring (bicyclic) bond motifs is 5. The maximum absolute atomic E-state index is 11.7. The molecule has 182 valence electrons. The van der Waals surface area contributed by atoms with Crippen LogP contribution in [0.15, 0.2) is 0 Å². The molecule has 0 aliphatic heterocycles. The second-order valence-corrected chi connectivity index (χ2v) is 12.1. The van der Waals surface area contributed by atoms with Gasteiger partial charge in [-0.1, -0.05) is 20.8 Å². The highest BCUT2D eigenvalue weighted by Gasteiger charge is 2.63. The van der Waals surface area contributed by atoms with Crippen molar-refractivity contribution in [3.8, 4) is 0 Å². The van der Waals surface area contributed by atoms with Gasteiger partial charge in [-0.25, -0.2) is 0 Å². The number of ether oxygens (including phenoxy) is 2. The molecule has 5 heteroatoms. The molecule has 0 radical (unpaired) electrons. The van der Waals surface area contributed by atoms with Crippen LogP contribution in [0.25, 0.3) is 0 Å². The van der Waals surface area contributed by atoms with Gasteiger partial charge in [0.05, 0.1) is 13.2 Å². The van der Waals surface area contributed by atoms with Crippen LogP contribution in [0.3, 0.4) is 0 Å². The second-order valence-electron chi connectivity index (χ2n) is 12.1. The Morgan fingerprint density at radius 2 is 1.84 bits per heavy atom. The molecule has 0 saturated heterocycles. The molecule has 0 aromatic rings. The van der Waals surface area contributed by atoms with Crippen LogP contribution in [-0.2, 0) is 19.1 Å². The lowest BCUT2D eigenvalue weighted by atomic mass is 9.43. The second kappa shape index (κ2) is 8.92. The summed E-state index contributed by atoms with van der Waals surface area (Å²) in [5, 5.41) is 11.6. The van der Waals surface area contributed by atoms with Crippen molar-refractivity contribution in [2.75, 3.05) is 7.11 Å². The van der Waals surface area contributed by atoms with Crippen molar-refractivity contribution in [3.63, 3.8) is 0 Å². The first-order chi connectivity index (χ1) is 15.1. The molecule has 4 fully saturated rings. The van der Waals surface area contributed by atoms with Crippen LogP contribution in [0.4, 0.5) is 0 Å². The summed E-state index contributed by atoms with van der Waals surface area (Å²) in [6.07, 6.45) is 9.86. The number of rotatable bonds is 5. The van der Waals surface area contributed by atoms with E-state index in [1.54, 1.807) is 0 Å². The normalized spacial score (nSPS) is 46.4. The molecule has 10 atom stereocenters. The monoisotopic (exact) mass is 448 g/mol. The average molecular weight is 449 g/mol. The lowest BCUT2D eigenvalue weighted by Crippen LogP contribution is -2.59. The number of methoxy groups -OCH3 is 1. The first-order valence-corrected chi connectivity index (χ1v) is 13.0. The van der Waals surface area contributed by atoms with E-state index < -0.39 is 0 Å². The Morgan fingerprint density at radius 1 is 1.09 bits per heavy atom. The average Bonchev–Trinajstić information content (AvgIpc) is 3.07. The highest BCUT2D eigenvalue weighted by Crippen LogP contribution is 2.68. The van der Waals surface area contributed by atoms with Gasteiger partial charge in [-0.05, 0) is 104 Å². The summed E-state index contributed by atoms with van der Waals surface area (Å²) in [5.74, 6) is 2.92. The molecule has 1 N–H and O–H groups in total. The molecule has 0 amide bonds. The predicted octanol–water partition coefficient (Wildman–Crippen LogP) is 5.14. The Balaban J connectivity index is 1.50.